The lowest BCUT2D eigenvalue weighted by atomic mass is 9.99. The lowest BCUT2D eigenvalue weighted by Crippen LogP contribution is -2.67. The molecule has 2 nitrogen and oxygen atoms in total. The van der Waals surface area contributed by atoms with Crippen LogP contribution in [0.5, 0.6) is 0 Å². The number of carbonyl (C=O) groups excluding carboxylic acids is 1. The molecule has 18 heteroatoms. The maximum absolute atomic E-state index is 14.1. The molecule has 1 unspecified atom stereocenters. The molecule has 0 fully saturated rings. The van der Waals surface area contributed by atoms with E-state index < -0.39 is 72.3 Å². The number of halogens is 16. The Bertz CT molecular complexity index is 965. The lowest BCUT2D eigenvalue weighted by molar-refractivity contribution is -0.398. The van der Waals surface area contributed by atoms with Gasteiger partial charge in [0.25, 0.3) is 0 Å². The molecule has 212 valence electrons. The zero-order valence-corrected chi connectivity index (χ0v) is 17.7. The molecular formula is C19H13F16NO. The van der Waals surface area contributed by atoms with Crippen molar-refractivity contribution in [3.63, 3.8) is 0 Å². The fourth-order valence-corrected chi connectivity index (χ4v) is 2.60. The van der Waals surface area contributed by atoms with Crippen molar-refractivity contribution in [2.45, 2.75) is 54.9 Å². The summed E-state index contributed by atoms with van der Waals surface area (Å²) in [7, 11) is 0. The van der Waals surface area contributed by atoms with E-state index in [2.05, 4.69) is 0 Å². The highest BCUT2D eigenvalue weighted by atomic mass is 19.4. The number of nitrogens with zero attached hydrogens (tertiary/aromatic N) is 1. The van der Waals surface area contributed by atoms with Gasteiger partial charge in [-0.05, 0) is 18.6 Å². The Morgan fingerprint density at radius 3 is 1.57 bits per heavy atom. The van der Waals surface area contributed by atoms with Crippen molar-refractivity contribution in [1.82, 2.24) is 4.90 Å². The number of alkyl halides is 16. The van der Waals surface area contributed by atoms with Crippen LogP contribution in [0.25, 0.3) is 6.08 Å². The molecule has 37 heavy (non-hydrogen) atoms. The fourth-order valence-electron chi connectivity index (χ4n) is 2.60. The molecule has 0 aliphatic carbocycles. The van der Waals surface area contributed by atoms with Crippen molar-refractivity contribution in [3.05, 3.63) is 42.0 Å². The number of benzene rings is 1. The molecule has 0 bridgehead atoms. The molecule has 0 spiro atoms. The maximum atomic E-state index is 14.1. The van der Waals surface area contributed by atoms with Crippen LogP contribution in [0.3, 0.4) is 0 Å². The second-order valence-corrected chi connectivity index (χ2v) is 7.43. The summed E-state index contributed by atoms with van der Waals surface area (Å²) in [5.74, 6) is -37.9. The van der Waals surface area contributed by atoms with E-state index >= 15 is 0 Å². The van der Waals surface area contributed by atoms with E-state index in [9.17, 15) is 75.0 Å². The van der Waals surface area contributed by atoms with Crippen LogP contribution in [-0.2, 0) is 4.79 Å². The largest absolute Gasteiger partial charge is 0.460 e. The first kappa shape index (κ1) is 32.3. The second kappa shape index (κ2) is 9.89. The summed E-state index contributed by atoms with van der Waals surface area (Å²) in [6.45, 7) is -4.00. The summed E-state index contributed by atoms with van der Waals surface area (Å²) >= 11 is 0. The van der Waals surface area contributed by atoms with Gasteiger partial charge in [0.05, 0.1) is 12.6 Å². The van der Waals surface area contributed by atoms with Crippen LogP contribution in [0.4, 0.5) is 70.2 Å². The van der Waals surface area contributed by atoms with Crippen molar-refractivity contribution < 1.29 is 75.0 Å². The first-order chi connectivity index (χ1) is 16.3. The second-order valence-electron chi connectivity index (χ2n) is 7.43. The number of rotatable bonds is 9. The first-order valence-corrected chi connectivity index (χ1v) is 9.32. The summed E-state index contributed by atoms with van der Waals surface area (Å²) in [4.78, 5) is 10.7. The van der Waals surface area contributed by atoms with Crippen molar-refractivity contribution in [2.24, 2.45) is 0 Å². The number of hydrogen-bond donors (Lipinski definition) is 0. The Hall–Kier alpha value is -2.69. The summed E-state index contributed by atoms with van der Waals surface area (Å²) in [6.07, 6.45) is -14.0. The molecule has 1 atom stereocenters. The smallest absolute Gasteiger partial charge is 0.324 e. The molecule has 1 rings (SSSR count). The predicted octanol–water partition coefficient (Wildman–Crippen LogP) is 7.22. The van der Waals surface area contributed by atoms with Crippen LogP contribution in [-0.4, -0.2) is 65.4 Å². The van der Waals surface area contributed by atoms with Crippen molar-refractivity contribution in [3.8, 4) is 0 Å². The zero-order chi connectivity index (χ0) is 29.5. The third kappa shape index (κ3) is 5.91. The monoisotopic (exact) mass is 575 g/mol. The van der Waals surface area contributed by atoms with E-state index in [1.807, 2.05) is 0 Å². The number of carbonyl (C=O) groups is 1. The van der Waals surface area contributed by atoms with Gasteiger partial charge < -0.3 is 4.90 Å². The van der Waals surface area contributed by atoms with Gasteiger partial charge in [-0.15, -0.1) is 0 Å². The molecule has 0 aliphatic heterocycles. The third-order valence-electron chi connectivity index (χ3n) is 4.85. The number of amides is 1. The molecule has 1 aromatic carbocycles. The molecule has 0 aliphatic rings. The SMILES string of the molecule is CC(N(CC(F)(F)C(F)(F)C(F)(F)C(F)(F)F)C(=O)/C=C/c1ccccc1)C(F)(F)C(F)(F)C(F)(F)F. The van der Waals surface area contributed by atoms with E-state index in [0.717, 1.165) is 12.1 Å². The zero-order valence-electron chi connectivity index (χ0n) is 17.7. The Labute approximate surface area is 196 Å². The van der Waals surface area contributed by atoms with Gasteiger partial charge in [0.15, 0.2) is 0 Å². The van der Waals surface area contributed by atoms with Crippen LogP contribution in [0.2, 0.25) is 0 Å². The van der Waals surface area contributed by atoms with E-state index in [1.54, 1.807) is 0 Å². The quantitative estimate of drug-likeness (QED) is 0.225. The lowest BCUT2D eigenvalue weighted by Gasteiger charge is -2.41. The summed E-state index contributed by atoms with van der Waals surface area (Å²) < 4.78 is 211. The van der Waals surface area contributed by atoms with Crippen molar-refractivity contribution >= 4 is 12.0 Å². The van der Waals surface area contributed by atoms with E-state index in [0.29, 0.717) is 6.08 Å². The van der Waals surface area contributed by atoms with Crippen molar-refractivity contribution in [2.75, 3.05) is 6.54 Å². The Kier molecular flexibility index (Phi) is 8.64. The van der Waals surface area contributed by atoms with Gasteiger partial charge in [-0.3, -0.25) is 4.79 Å². The molecular weight excluding hydrogens is 562 g/mol. The summed E-state index contributed by atoms with van der Waals surface area (Å²) in [5, 5.41) is 0. The van der Waals surface area contributed by atoms with Crippen LogP contribution in [0.15, 0.2) is 36.4 Å². The van der Waals surface area contributed by atoms with Gasteiger partial charge in [0.2, 0.25) is 5.91 Å². The van der Waals surface area contributed by atoms with Gasteiger partial charge in [0, 0.05) is 6.08 Å². The first-order valence-electron chi connectivity index (χ1n) is 9.32. The summed E-state index contributed by atoms with van der Waals surface area (Å²) in [6, 6.07) is 2.06. The van der Waals surface area contributed by atoms with E-state index in [1.165, 1.54) is 18.2 Å². The normalized spacial score (nSPS) is 15.7. The maximum Gasteiger partial charge on any atom is 0.460 e. The average Bonchev–Trinajstić information content (AvgIpc) is 2.74. The molecule has 0 aromatic heterocycles. The minimum atomic E-state index is -7.56. The fraction of sp³-hybridized carbons (Fsp3) is 0.526. The molecule has 0 N–H and O–H groups in total. The minimum absolute atomic E-state index is 0.0657. The van der Waals surface area contributed by atoms with E-state index in [-0.39, 0.29) is 11.6 Å². The van der Waals surface area contributed by atoms with Gasteiger partial charge in [-0.2, -0.15) is 70.2 Å². The molecule has 0 saturated carbocycles. The van der Waals surface area contributed by atoms with E-state index in [4.69, 9.17) is 0 Å². The topological polar surface area (TPSA) is 20.3 Å². The van der Waals surface area contributed by atoms with Gasteiger partial charge in [0.1, 0.15) is 0 Å². The molecule has 0 saturated heterocycles. The highest BCUT2D eigenvalue weighted by Gasteiger charge is 2.82. The standard InChI is InChI=1S/C19H13F16NO/c1-10(14(22,23)16(26,27)18(30,31)32)36(12(37)8-7-11-5-3-2-4-6-11)9-13(20,21)15(24,25)17(28,29)19(33,34)35/h2-8,10H,9H2,1H3/b8-7+. The Morgan fingerprint density at radius 1 is 0.730 bits per heavy atom. The highest BCUT2D eigenvalue weighted by molar-refractivity contribution is 5.92. The van der Waals surface area contributed by atoms with Crippen molar-refractivity contribution in [1.29, 1.82) is 0 Å². The molecule has 1 amide bonds. The van der Waals surface area contributed by atoms with Gasteiger partial charge >= 0.3 is 42.0 Å². The predicted molar refractivity (Wildman–Crippen MR) is 93.5 cm³/mol. The Balaban J connectivity index is 3.64. The minimum Gasteiger partial charge on any atom is -0.324 e. The molecule has 1 aromatic rings. The summed E-state index contributed by atoms with van der Waals surface area (Å²) in [5.41, 5.74) is -0.0727. The van der Waals surface area contributed by atoms with Gasteiger partial charge in [-0.1, -0.05) is 30.3 Å². The Morgan fingerprint density at radius 2 is 1.16 bits per heavy atom. The van der Waals surface area contributed by atoms with Crippen LogP contribution < -0.4 is 0 Å². The van der Waals surface area contributed by atoms with Crippen LogP contribution in [0.1, 0.15) is 12.5 Å². The van der Waals surface area contributed by atoms with Crippen LogP contribution in [0, 0.1) is 0 Å². The van der Waals surface area contributed by atoms with Gasteiger partial charge in [-0.25, -0.2) is 0 Å². The van der Waals surface area contributed by atoms with Crippen LogP contribution >= 0.6 is 0 Å². The molecule has 0 radical (unpaired) electrons. The number of hydrogen-bond acceptors (Lipinski definition) is 1. The third-order valence-corrected chi connectivity index (χ3v) is 4.85. The highest BCUT2D eigenvalue weighted by Crippen LogP contribution is 2.54. The molecule has 0 heterocycles. The average molecular weight is 575 g/mol.